The van der Waals surface area contributed by atoms with Gasteiger partial charge in [-0.25, -0.2) is 0 Å². The van der Waals surface area contributed by atoms with E-state index in [9.17, 15) is 0 Å². The van der Waals surface area contributed by atoms with Gasteiger partial charge in [-0.3, -0.25) is 0 Å². The van der Waals surface area contributed by atoms with Gasteiger partial charge in [0, 0.05) is 26.7 Å². The minimum absolute atomic E-state index is 0.826. The van der Waals surface area contributed by atoms with Gasteiger partial charge < -0.3 is 15.0 Å². The molecule has 0 aromatic heterocycles. The zero-order valence-electron chi connectivity index (χ0n) is 10.0. The molecule has 86 valence electrons. The lowest BCUT2D eigenvalue weighted by molar-refractivity contribution is 0.161. The van der Waals surface area contributed by atoms with Gasteiger partial charge in [-0.2, -0.15) is 0 Å². The fraction of sp³-hybridized carbons (Fsp3) is 1.00. The highest BCUT2D eigenvalue weighted by atomic mass is 16.5. The van der Waals surface area contributed by atoms with E-state index in [1.54, 1.807) is 7.11 Å². The monoisotopic (exact) mass is 202 g/mol. The molecule has 0 spiro atoms. The maximum Gasteiger partial charge on any atom is 0.0589 e. The summed E-state index contributed by atoms with van der Waals surface area (Å²) in [4.78, 5) is 2.29. The lowest BCUT2D eigenvalue weighted by atomic mass is 10.2. The average molecular weight is 202 g/mol. The Morgan fingerprint density at radius 1 is 1.14 bits per heavy atom. The number of methoxy groups -OCH3 is 1. The van der Waals surface area contributed by atoms with E-state index in [-0.39, 0.29) is 0 Å². The lowest BCUT2D eigenvalue weighted by Crippen LogP contribution is -2.31. The van der Waals surface area contributed by atoms with Gasteiger partial charge >= 0.3 is 0 Å². The van der Waals surface area contributed by atoms with E-state index in [0.717, 1.165) is 32.8 Å². The van der Waals surface area contributed by atoms with E-state index in [4.69, 9.17) is 4.74 Å². The van der Waals surface area contributed by atoms with Crippen LogP contribution in [0.3, 0.4) is 0 Å². The van der Waals surface area contributed by atoms with Crippen molar-refractivity contribution >= 4 is 0 Å². The van der Waals surface area contributed by atoms with Crippen molar-refractivity contribution < 1.29 is 4.74 Å². The van der Waals surface area contributed by atoms with Crippen LogP contribution in [0.4, 0.5) is 0 Å². The first-order chi connectivity index (χ1) is 6.81. The number of hydrogen-bond donors (Lipinski definition) is 1. The highest BCUT2D eigenvalue weighted by molar-refractivity contribution is 4.54. The molecule has 0 aromatic rings. The van der Waals surface area contributed by atoms with E-state index in [1.807, 2.05) is 0 Å². The summed E-state index contributed by atoms with van der Waals surface area (Å²) >= 11 is 0. The summed E-state index contributed by atoms with van der Waals surface area (Å²) in [5.41, 5.74) is 0. The summed E-state index contributed by atoms with van der Waals surface area (Å²) in [6, 6.07) is 0. The van der Waals surface area contributed by atoms with E-state index in [1.165, 1.54) is 19.3 Å². The van der Waals surface area contributed by atoms with Crippen molar-refractivity contribution in [1.29, 1.82) is 0 Å². The minimum atomic E-state index is 0.826. The first-order valence-corrected chi connectivity index (χ1v) is 5.69. The fourth-order valence-electron chi connectivity index (χ4n) is 1.25. The van der Waals surface area contributed by atoms with Crippen molar-refractivity contribution in [3.8, 4) is 0 Å². The molecule has 0 aliphatic rings. The molecule has 14 heavy (non-hydrogen) atoms. The standard InChI is InChI=1S/C11H26N2O/c1-4-5-6-7-12-8-9-13(2)10-11-14-3/h12H,4-11H2,1-3H3. The SMILES string of the molecule is CCCCCNCCN(C)CCOC. The number of nitrogens with zero attached hydrogens (tertiary/aromatic N) is 1. The molecule has 3 heteroatoms. The second-order valence-electron chi connectivity index (χ2n) is 3.75. The molecule has 0 aromatic carbocycles. The van der Waals surface area contributed by atoms with Crippen molar-refractivity contribution in [1.82, 2.24) is 10.2 Å². The molecule has 0 rings (SSSR count). The Balaban J connectivity index is 3.02. The molecular weight excluding hydrogens is 176 g/mol. The molecule has 0 bridgehead atoms. The number of nitrogens with one attached hydrogen (secondary N) is 1. The second kappa shape index (κ2) is 11.0. The summed E-state index contributed by atoms with van der Waals surface area (Å²) in [6.45, 7) is 7.43. The zero-order chi connectivity index (χ0) is 10.6. The Kier molecular flexibility index (Phi) is 10.9. The average Bonchev–Trinajstić information content (AvgIpc) is 2.20. The van der Waals surface area contributed by atoms with Crippen molar-refractivity contribution in [3.05, 3.63) is 0 Å². The molecule has 0 amide bonds. The molecule has 1 N–H and O–H groups in total. The van der Waals surface area contributed by atoms with E-state index in [2.05, 4.69) is 24.2 Å². The Hall–Kier alpha value is -0.120. The van der Waals surface area contributed by atoms with Crippen LogP contribution in [0, 0.1) is 0 Å². The predicted octanol–water partition coefficient (Wildman–Crippen LogP) is 1.34. The molecule has 0 saturated heterocycles. The summed E-state index contributed by atoms with van der Waals surface area (Å²) in [5, 5.41) is 3.45. The highest BCUT2D eigenvalue weighted by Gasteiger charge is 1.96. The van der Waals surface area contributed by atoms with Crippen LogP contribution in [-0.4, -0.2) is 51.8 Å². The Morgan fingerprint density at radius 2 is 1.93 bits per heavy atom. The van der Waals surface area contributed by atoms with Gasteiger partial charge in [0.15, 0.2) is 0 Å². The molecule has 0 heterocycles. The van der Waals surface area contributed by atoms with Crippen LogP contribution in [0.2, 0.25) is 0 Å². The number of unbranched alkanes of at least 4 members (excludes halogenated alkanes) is 2. The molecule has 0 radical (unpaired) electrons. The molecule has 0 saturated carbocycles. The smallest absolute Gasteiger partial charge is 0.0589 e. The third-order valence-corrected chi connectivity index (χ3v) is 2.30. The first kappa shape index (κ1) is 13.9. The number of hydrogen-bond acceptors (Lipinski definition) is 3. The molecular formula is C11H26N2O. The summed E-state index contributed by atoms with van der Waals surface area (Å²) < 4.78 is 5.01. The van der Waals surface area contributed by atoms with Crippen molar-refractivity contribution in [3.63, 3.8) is 0 Å². The van der Waals surface area contributed by atoms with Crippen LogP contribution in [0.1, 0.15) is 26.2 Å². The van der Waals surface area contributed by atoms with Crippen LogP contribution in [0.15, 0.2) is 0 Å². The van der Waals surface area contributed by atoms with Crippen LogP contribution < -0.4 is 5.32 Å². The Morgan fingerprint density at radius 3 is 2.57 bits per heavy atom. The fourth-order valence-corrected chi connectivity index (χ4v) is 1.25. The predicted molar refractivity (Wildman–Crippen MR) is 61.8 cm³/mol. The minimum Gasteiger partial charge on any atom is -0.383 e. The van der Waals surface area contributed by atoms with Crippen molar-refractivity contribution in [2.75, 3.05) is 46.9 Å². The van der Waals surface area contributed by atoms with Gasteiger partial charge in [0.2, 0.25) is 0 Å². The van der Waals surface area contributed by atoms with Gasteiger partial charge in [0.1, 0.15) is 0 Å². The van der Waals surface area contributed by atoms with Crippen LogP contribution in [0.5, 0.6) is 0 Å². The van der Waals surface area contributed by atoms with Crippen LogP contribution in [0.25, 0.3) is 0 Å². The van der Waals surface area contributed by atoms with E-state index >= 15 is 0 Å². The van der Waals surface area contributed by atoms with Gasteiger partial charge in [-0.15, -0.1) is 0 Å². The summed E-state index contributed by atoms with van der Waals surface area (Å²) in [5.74, 6) is 0. The molecule has 3 nitrogen and oxygen atoms in total. The van der Waals surface area contributed by atoms with E-state index in [0.29, 0.717) is 0 Å². The van der Waals surface area contributed by atoms with Crippen molar-refractivity contribution in [2.45, 2.75) is 26.2 Å². The Labute approximate surface area is 88.8 Å². The molecule has 0 aliphatic heterocycles. The zero-order valence-corrected chi connectivity index (χ0v) is 10.0. The van der Waals surface area contributed by atoms with Crippen LogP contribution >= 0.6 is 0 Å². The summed E-state index contributed by atoms with van der Waals surface area (Å²) in [6.07, 6.45) is 3.94. The number of likely N-dealkylation sites (N-methyl/N-ethyl adjacent to an activating group) is 1. The topological polar surface area (TPSA) is 24.5 Å². The molecule has 0 fully saturated rings. The van der Waals surface area contributed by atoms with Gasteiger partial charge in [-0.05, 0) is 20.0 Å². The second-order valence-corrected chi connectivity index (χ2v) is 3.75. The van der Waals surface area contributed by atoms with Crippen molar-refractivity contribution in [2.24, 2.45) is 0 Å². The quantitative estimate of drug-likeness (QED) is 0.541. The normalized spacial score (nSPS) is 11.1. The molecule has 0 aliphatic carbocycles. The lowest BCUT2D eigenvalue weighted by Gasteiger charge is -2.16. The third kappa shape index (κ3) is 9.96. The van der Waals surface area contributed by atoms with E-state index < -0.39 is 0 Å². The van der Waals surface area contributed by atoms with Gasteiger partial charge in [0.05, 0.1) is 6.61 Å². The third-order valence-electron chi connectivity index (χ3n) is 2.30. The maximum atomic E-state index is 5.01. The largest absolute Gasteiger partial charge is 0.383 e. The maximum absolute atomic E-state index is 5.01. The molecule has 0 atom stereocenters. The molecule has 0 unspecified atom stereocenters. The summed E-state index contributed by atoms with van der Waals surface area (Å²) in [7, 11) is 3.88. The van der Waals surface area contributed by atoms with Gasteiger partial charge in [-0.1, -0.05) is 19.8 Å². The highest BCUT2D eigenvalue weighted by Crippen LogP contribution is 1.90. The van der Waals surface area contributed by atoms with Crippen LogP contribution in [-0.2, 0) is 4.74 Å². The van der Waals surface area contributed by atoms with Gasteiger partial charge in [0.25, 0.3) is 0 Å². The first-order valence-electron chi connectivity index (χ1n) is 5.69. The number of ether oxygens (including phenoxy) is 1. The number of rotatable bonds is 10. The Bertz CT molecular complexity index is 109.